The molecule has 52 heavy (non-hydrogen) atoms. The van der Waals surface area contributed by atoms with Crippen molar-refractivity contribution in [2.45, 2.75) is 56.8 Å². The fourth-order valence-corrected chi connectivity index (χ4v) is 11.2. The molecule has 0 bridgehead atoms. The van der Waals surface area contributed by atoms with Crippen LogP contribution in [0.2, 0.25) is 18.6 Å². The van der Waals surface area contributed by atoms with Gasteiger partial charge in [0.05, 0.1) is 37.1 Å². The minimum absolute atomic E-state index is 0.0473. The maximum absolute atomic E-state index is 15.0. The summed E-state index contributed by atoms with van der Waals surface area (Å²) < 4.78 is 13.4. The molecule has 3 heterocycles. The van der Waals surface area contributed by atoms with Crippen molar-refractivity contribution < 1.29 is 33.8 Å². The first-order valence-corrected chi connectivity index (χ1v) is 21.3. The van der Waals surface area contributed by atoms with Crippen LogP contribution in [-0.4, -0.2) is 66.7 Å². The second kappa shape index (κ2) is 14.2. The van der Waals surface area contributed by atoms with Gasteiger partial charge in [0, 0.05) is 40.3 Å². The Morgan fingerprint density at radius 1 is 0.962 bits per heavy atom. The van der Waals surface area contributed by atoms with Gasteiger partial charge < -0.3 is 29.2 Å². The molecule has 1 fully saturated rings. The molecule has 0 saturated carbocycles. The van der Waals surface area contributed by atoms with Crippen molar-refractivity contribution in [2.75, 3.05) is 29.6 Å². The Labute approximate surface area is 312 Å². The summed E-state index contributed by atoms with van der Waals surface area (Å²) in [5, 5.41) is 9.85. The number of fused-ring (bicyclic) bond motifs is 3. The molecule has 0 aromatic heterocycles. The van der Waals surface area contributed by atoms with E-state index in [-0.39, 0.29) is 50.4 Å². The third-order valence-corrected chi connectivity index (χ3v) is 13.5. The number of aliphatic hydroxyl groups is 1. The Bertz CT molecular complexity index is 2010. The normalized spacial score (nSPS) is 22.4. The third kappa shape index (κ3) is 6.47. The van der Waals surface area contributed by atoms with Crippen LogP contribution in [0.5, 0.6) is 5.75 Å². The van der Waals surface area contributed by atoms with Crippen LogP contribution in [-0.2, 0) is 37.8 Å². The number of halogens is 1. The molecule has 3 aliphatic heterocycles. The summed E-state index contributed by atoms with van der Waals surface area (Å²) in [5.74, 6) is -0.520. The number of nitrogens with zero attached hydrogens (tertiary/aromatic N) is 3. The topological polar surface area (TPSA) is 120 Å². The van der Waals surface area contributed by atoms with E-state index in [2.05, 4.69) is 15.9 Å². The molecule has 3 amide bonds. The van der Waals surface area contributed by atoms with Gasteiger partial charge in [-0.3, -0.25) is 19.3 Å². The van der Waals surface area contributed by atoms with Crippen LogP contribution in [0.25, 0.3) is 0 Å². The van der Waals surface area contributed by atoms with Crippen LogP contribution >= 0.6 is 15.9 Å². The van der Waals surface area contributed by atoms with E-state index in [1.165, 1.54) is 0 Å². The zero-order valence-corrected chi connectivity index (χ0v) is 32.0. The number of carbonyl (C=O) groups is 3. The van der Waals surface area contributed by atoms with Crippen LogP contribution in [0.15, 0.2) is 102 Å². The average Bonchev–Trinajstić information content (AvgIpc) is 3.54. The molecule has 4 aromatic rings. The summed E-state index contributed by atoms with van der Waals surface area (Å²) in [5.41, 5.74) is 2.53. The number of carbonyl (C=O) groups excluding carboxylic acids is 3. The van der Waals surface area contributed by atoms with Crippen molar-refractivity contribution in [1.29, 1.82) is 0 Å². The van der Waals surface area contributed by atoms with Crippen molar-refractivity contribution in [1.82, 2.24) is 4.90 Å². The van der Waals surface area contributed by atoms with Gasteiger partial charge >= 0.3 is 0 Å². The second-order valence-electron chi connectivity index (χ2n) is 14.3. The molecule has 0 unspecified atom stereocenters. The number of aliphatic hydroxyl groups excluding tert-OH is 1. The van der Waals surface area contributed by atoms with Gasteiger partial charge in [-0.05, 0) is 66.7 Å². The number of hydrogen-bond acceptors (Lipinski definition) is 7. The van der Waals surface area contributed by atoms with E-state index in [1.807, 2.05) is 117 Å². The summed E-state index contributed by atoms with van der Waals surface area (Å²) in [6, 6.07) is 30.2. The molecular formula is C40H42BrN3O7Si. The molecule has 270 valence electrons. The molecule has 12 heteroatoms. The smallest absolute Gasteiger partial charge is 0.269 e. The minimum Gasteiger partial charge on any atom is -0.482 e. The van der Waals surface area contributed by atoms with Gasteiger partial charge in [-0.25, -0.2) is 0 Å². The molecular weight excluding hydrogens is 742 g/mol. The lowest BCUT2D eigenvalue weighted by molar-refractivity contribution is -0.150. The van der Waals surface area contributed by atoms with Crippen molar-refractivity contribution in [3.8, 4) is 5.75 Å². The zero-order chi connectivity index (χ0) is 36.8. The Balaban J connectivity index is 1.21. The maximum Gasteiger partial charge on any atom is 0.269 e. The number of para-hydroxylation sites is 2. The number of hydrogen-bond donors (Lipinski definition) is 2. The first-order valence-electron chi connectivity index (χ1n) is 17.5. The molecule has 2 N–H and O–H groups in total. The van der Waals surface area contributed by atoms with Crippen molar-refractivity contribution in [3.05, 3.63) is 118 Å². The molecule has 4 atom stereocenters. The quantitative estimate of drug-likeness (QED) is 0.182. The van der Waals surface area contributed by atoms with Gasteiger partial charge in [-0.1, -0.05) is 77.5 Å². The highest BCUT2D eigenvalue weighted by molar-refractivity contribution is 9.10. The number of anilines is 3. The first kappa shape index (κ1) is 36.0. The number of amides is 3. The second-order valence-corrected chi connectivity index (χ2v) is 19.2. The van der Waals surface area contributed by atoms with Crippen LogP contribution < -0.4 is 14.5 Å². The van der Waals surface area contributed by atoms with E-state index in [1.54, 1.807) is 14.7 Å². The summed E-state index contributed by atoms with van der Waals surface area (Å²) in [7, 11) is -3.04. The number of rotatable bonds is 10. The first-order chi connectivity index (χ1) is 24.9. The standard InChI is InChI=1S/C40H42BrN3O7Si/c1-26-38(52(2,3)49)35(22-36(46)42(18-19-45)23-27-10-5-4-6-11-27)51-40(26)31-21-29(41)16-17-32(31)43(39(40)48)24-28-12-9-13-30(20-28)44-33-14-7-8-15-34(33)50-25-37(44)47/h4-17,20-21,26,35,38,45,49H,18-19,22-25H2,1-3H3/t26-,35+,38-,40+/m1/s1. The van der Waals surface area contributed by atoms with E-state index < -0.39 is 31.5 Å². The van der Waals surface area contributed by atoms with Crippen LogP contribution in [0.3, 0.4) is 0 Å². The van der Waals surface area contributed by atoms with Gasteiger partial charge in [0.1, 0.15) is 5.75 Å². The lowest BCUT2D eigenvalue weighted by Gasteiger charge is -2.33. The molecule has 3 aliphatic rings. The molecule has 4 aromatic carbocycles. The van der Waals surface area contributed by atoms with Crippen LogP contribution in [0.1, 0.15) is 30.0 Å². The predicted molar refractivity (Wildman–Crippen MR) is 204 cm³/mol. The monoisotopic (exact) mass is 783 g/mol. The lowest BCUT2D eigenvalue weighted by Crippen LogP contribution is -2.46. The summed E-state index contributed by atoms with van der Waals surface area (Å²) in [4.78, 5) is 58.8. The highest BCUT2D eigenvalue weighted by atomic mass is 79.9. The maximum atomic E-state index is 15.0. The SMILES string of the molecule is C[C@@H]1[C@@H]([Si](C)(C)O)[C@H](CC(=O)N(CCO)Cc2ccccc2)O[C@@]12C(=O)N(Cc1cccc(N3C(=O)COc4ccccc43)c1)c1ccc(Br)cc12. The highest BCUT2D eigenvalue weighted by Gasteiger charge is 2.66. The van der Waals surface area contributed by atoms with E-state index >= 15 is 4.79 Å². The van der Waals surface area contributed by atoms with Crippen molar-refractivity contribution in [3.63, 3.8) is 0 Å². The summed E-state index contributed by atoms with van der Waals surface area (Å²) in [6.07, 6.45) is -0.786. The summed E-state index contributed by atoms with van der Waals surface area (Å²) >= 11 is 3.61. The third-order valence-electron chi connectivity index (χ3n) is 10.5. The predicted octanol–water partition coefficient (Wildman–Crippen LogP) is 6.26. The molecule has 1 spiro atoms. The highest BCUT2D eigenvalue weighted by Crippen LogP contribution is 2.60. The van der Waals surface area contributed by atoms with Gasteiger partial charge in [-0.15, -0.1) is 0 Å². The zero-order valence-electron chi connectivity index (χ0n) is 29.4. The molecule has 0 aliphatic carbocycles. The Morgan fingerprint density at radius 2 is 1.69 bits per heavy atom. The number of benzene rings is 4. The Kier molecular flexibility index (Phi) is 9.87. The Morgan fingerprint density at radius 3 is 2.44 bits per heavy atom. The minimum atomic E-state index is -3.04. The van der Waals surface area contributed by atoms with Gasteiger partial charge in [0.25, 0.3) is 11.8 Å². The van der Waals surface area contributed by atoms with Gasteiger partial charge in [0.15, 0.2) is 20.5 Å². The van der Waals surface area contributed by atoms with Gasteiger partial charge in [0.2, 0.25) is 5.91 Å². The van der Waals surface area contributed by atoms with Crippen molar-refractivity contribution >= 4 is 59.0 Å². The van der Waals surface area contributed by atoms with Gasteiger partial charge in [-0.2, -0.15) is 0 Å². The summed E-state index contributed by atoms with van der Waals surface area (Å²) in [6.45, 7) is 6.01. The van der Waals surface area contributed by atoms with E-state index in [4.69, 9.17) is 9.47 Å². The van der Waals surface area contributed by atoms with Crippen LogP contribution in [0, 0.1) is 5.92 Å². The van der Waals surface area contributed by atoms with E-state index in [0.717, 1.165) is 15.6 Å². The lowest BCUT2D eigenvalue weighted by atomic mass is 9.82. The largest absolute Gasteiger partial charge is 0.482 e. The number of ether oxygens (including phenoxy) is 2. The average molecular weight is 785 g/mol. The molecule has 0 radical (unpaired) electrons. The van der Waals surface area contributed by atoms with E-state index in [0.29, 0.717) is 34.9 Å². The van der Waals surface area contributed by atoms with E-state index in [9.17, 15) is 19.5 Å². The fourth-order valence-electron chi connectivity index (χ4n) is 8.29. The fraction of sp³-hybridized carbons (Fsp3) is 0.325. The molecule has 7 rings (SSSR count). The van der Waals surface area contributed by atoms with Crippen LogP contribution in [0.4, 0.5) is 17.1 Å². The molecule has 10 nitrogen and oxygen atoms in total. The van der Waals surface area contributed by atoms with Crippen molar-refractivity contribution in [2.24, 2.45) is 5.92 Å². The Hall–Kier alpha value is -4.33. The molecule has 1 saturated heterocycles.